The Bertz CT molecular complexity index is 867. The fourth-order valence-electron chi connectivity index (χ4n) is 2.58. The molecule has 0 spiro atoms. The first-order valence-electron chi connectivity index (χ1n) is 7.50. The van der Waals surface area contributed by atoms with Gasteiger partial charge in [-0.05, 0) is 25.8 Å². The van der Waals surface area contributed by atoms with Gasteiger partial charge in [0.15, 0.2) is 5.69 Å². The first-order valence-corrected chi connectivity index (χ1v) is 8.32. The average molecular weight is 310 g/mol. The molecule has 0 bridgehead atoms. The fourth-order valence-corrected chi connectivity index (χ4v) is 3.52. The van der Waals surface area contributed by atoms with Crippen molar-refractivity contribution in [2.24, 2.45) is 0 Å². The molecule has 0 saturated heterocycles. The van der Waals surface area contributed by atoms with Crippen molar-refractivity contribution in [3.63, 3.8) is 0 Å². The van der Waals surface area contributed by atoms with Crippen LogP contribution in [-0.2, 0) is 6.42 Å². The predicted molar refractivity (Wildman–Crippen MR) is 89.1 cm³/mol. The molecule has 3 aromatic rings. The molecule has 4 nitrogen and oxygen atoms in total. The van der Waals surface area contributed by atoms with E-state index in [0.29, 0.717) is 5.69 Å². The molecule has 5 heteroatoms. The number of fused-ring (bicyclic) bond motifs is 1. The van der Waals surface area contributed by atoms with Crippen LogP contribution in [0.3, 0.4) is 0 Å². The zero-order chi connectivity index (χ0) is 15.7. The summed E-state index contributed by atoms with van der Waals surface area (Å²) in [5, 5.41) is 15.2. The molecule has 0 aliphatic rings. The van der Waals surface area contributed by atoms with Crippen LogP contribution >= 0.6 is 11.3 Å². The largest absolute Gasteiger partial charge is 0.216 e. The number of hydrogen-bond acceptors (Lipinski definition) is 4. The van der Waals surface area contributed by atoms with Crippen molar-refractivity contribution in [2.45, 2.75) is 40.0 Å². The Morgan fingerprint density at radius 1 is 1.32 bits per heavy atom. The monoisotopic (exact) mass is 310 g/mol. The van der Waals surface area contributed by atoms with E-state index >= 15 is 0 Å². The highest BCUT2D eigenvalue weighted by Crippen LogP contribution is 2.29. The Kier molecular flexibility index (Phi) is 3.95. The van der Waals surface area contributed by atoms with E-state index in [1.165, 1.54) is 5.56 Å². The van der Waals surface area contributed by atoms with Gasteiger partial charge >= 0.3 is 0 Å². The van der Waals surface area contributed by atoms with E-state index in [1.807, 2.05) is 6.07 Å². The van der Waals surface area contributed by atoms with Crippen molar-refractivity contribution in [1.82, 2.24) is 14.6 Å². The third-order valence-electron chi connectivity index (χ3n) is 3.73. The van der Waals surface area contributed by atoms with Gasteiger partial charge in [-0.15, -0.1) is 0 Å². The molecule has 0 saturated carbocycles. The maximum absolute atomic E-state index is 9.55. The summed E-state index contributed by atoms with van der Waals surface area (Å²) in [4.78, 5) is 5.47. The number of imidazole rings is 1. The number of hydrogen-bond donors (Lipinski definition) is 0. The minimum absolute atomic E-state index is 0.529. The molecule has 22 heavy (non-hydrogen) atoms. The van der Waals surface area contributed by atoms with Crippen molar-refractivity contribution in [2.75, 3.05) is 0 Å². The SMILES string of the molecule is CCCCc1nn2c(C#N)c(-c3ccc(C)cc3C)nc2s1. The number of nitriles is 1. The predicted octanol–water partition coefficient (Wildman–Crippen LogP) is 4.29. The highest BCUT2D eigenvalue weighted by atomic mass is 32.1. The summed E-state index contributed by atoms with van der Waals surface area (Å²) < 4.78 is 1.70. The highest BCUT2D eigenvalue weighted by Gasteiger charge is 2.18. The molecule has 0 radical (unpaired) electrons. The van der Waals surface area contributed by atoms with E-state index in [9.17, 15) is 5.26 Å². The molecule has 3 rings (SSSR count). The summed E-state index contributed by atoms with van der Waals surface area (Å²) in [7, 11) is 0. The Morgan fingerprint density at radius 3 is 2.82 bits per heavy atom. The van der Waals surface area contributed by atoms with Gasteiger partial charge in [0.05, 0.1) is 0 Å². The van der Waals surface area contributed by atoms with Crippen molar-refractivity contribution < 1.29 is 0 Å². The zero-order valence-electron chi connectivity index (χ0n) is 13.1. The second kappa shape index (κ2) is 5.90. The van der Waals surface area contributed by atoms with E-state index in [-0.39, 0.29) is 0 Å². The third kappa shape index (κ3) is 2.51. The average Bonchev–Trinajstić information content (AvgIpc) is 3.01. The van der Waals surface area contributed by atoms with Crippen molar-refractivity contribution in [3.8, 4) is 17.3 Å². The normalized spacial score (nSPS) is 11.0. The van der Waals surface area contributed by atoms with Gasteiger partial charge in [0.25, 0.3) is 0 Å². The lowest BCUT2D eigenvalue weighted by molar-refractivity contribution is 0.769. The summed E-state index contributed by atoms with van der Waals surface area (Å²) in [6.45, 7) is 6.28. The second-order valence-corrected chi connectivity index (χ2v) is 6.57. The fraction of sp³-hybridized carbons (Fsp3) is 0.353. The van der Waals surface area contributed by atoms with Crippen LogP contribution in [0.5, 0.6) is 0 Å². The summed E-state index contributed by atoms with van der Waals surface area (Å²) in [6.07, 6.45) is 3.21. The molecule has 0 amide bonds. The van der Waals surface area contributed by atoms with Crippen LogP contribution in [0.25, 0.3) is 16.2 Å². The van der Waals surface area contributed by atoms with Crippen molar-refractivity contribution in [3.05, 3.63) is 40.0 Å². The van der Waals surface area contributed by atoms with E-state index in [1.54, 1.807) is 15.9 Å². The van der Waals surface area contributed by atoms with Crippen molar-refractivity contribution >= 4 is 16.3 Å². The molecule has 1 aromatic carbocycles. The molecule has 0 N–H and O–H groups in total. The summed E-state index contributed by atoms with van der Waals surface area (Å²) in [5.74, 6) is 0. The van der Waals surface area contributed by atoms with Gasteiger partial charge in [-0.1, -0.05) is 48.4 Å². The summed E-state index contributed by atoms with van der Waals surface area (Å²) in [5.41, 5.74) is 4.62. The number of nitrogens with zero attached hydrogens (tertiary/aromatic N) is 4. The first-order chi connectivity index (χ1) is 10.6. The van der Waals surface area contributed by atoms with E-state index in [0.717, 1.165) is 46.1 Å². The van der Waals surface area contributed by atoms with Gasteiger partial charge < -0.3 is 0 Å². The highest BCUT2D eigenvalue weighted by molar-refractivity contribution is 7.16. The van der Waals surface area contributed by atoms with E-state index in [2.05, 4.69) is 49.1 Å². The number of aryl methyl sites for hydroxylation is 3. The number of unbranched alkanes of at least 4 members (excludes halogenated alkanes) is 1. The number of rotatable bonds is 4. The lowest BCUT2D eigenvalue weighted by Gasteiger charge is -2.04. The minimum Gasteiger partial charge on any atom is -0.216 e. The maximum atomic E-state index is 9.55. The molecule has 112 valence electrons. The zero-order valence-corrected chi connectivity index (χ0v) is 13.9. The third-order valence-corrected chi connectivity index (χ3v) is 4.70. The second-order valence-electron chi connectivity index (χ2n) is 5.53. The molecule has 0 aliphatic carbocycles. The molecule has 0 unspecified atom stereocenters. The summed E-state index contributed by atoms with van der Waals surface area (Å²) >= 11 is 1.58. The molecular weight excluding hydrogens is 292 g/mol. The van der Waals surface area contributed by atoms with Gasteiger partial charge in [-0.2, -0.15) is 14.9 Å². The number of benzene rings is 1. The molecule has 2 heterocycles. The van der Waals surface area contributed by atoms with Crippen LogP contribution in [0.4, 0.5) is 0 Å². The Balaban J connectivity index is 2.11. The molecule has 0 aliphatic heterocycles. The van der Waals surface area contributed by atoms with Gasteiger partial charge in [0.2, 0.25) is 4.96 Å². The standard InChI is InChI=1S/C17H18N4S/c1-4-5-6-15-20-21-14(10-18)16(19-17(21)22-15)13-8-7-11(2)9-12(13)3/h7-9H,4-6H2,1-3H3. The smallest absolute Gasteiger partial charge is 0.214 e. The lowest BCUT2D eigenvalue weighted by atomic mass is 10.0. The van der Waals surface area contributed by atoms with E-state index in [4.69, 9.17) is 0 Å². The van der Waals surface area contributed by atoms with Crippen LogP contribution in [-0.4, -0.2) is 14.6 Å². The Morgan fingerprint density at radius 2 is 2.14 bits per heavy atom. The van der Waals surface area contributed by atoms with Gasteiger partial charge in [0.1, 0.15) is 16.8 Å². The molecule has 0 fully saturated rings. The van der Waals surface area contributed by atoms with Crippen LogP contribution in [0.15, 0.2) is 18.2 Å². The van der Waals surface area contributed by atoms with Crippen LogP contribution in [0.2, 0.25) is 0 Å². The van der Waals surface area contributed by atoms with Crippen LogP contribution < -0.4 is 0 Å². The van der Waals surface area contributed by atoms with Gasteiger partial charge in [-0.3, -0.25) is 0 Å². The maximum Gasteiger partial charge on any atom is 0.214 e. The molecule has 0 atom stereocenters. The molecular formula is C17H18N4S. The Hall–Kier alpha value is -2.19. The van der Waals surface area contributed by atoms with Gasteiger partial charge in [0, 0.05) is 12.0 Å². The quantitative estimate of drug-likeness (QED) is 0.722. The summed E-state index contributed by atoms with van der Waals surface area (Å²) in [6, 6.07) is 8.48. The minimum atomic E-state index is 0.529. The first kappa shape index (κ1) is 14.7. The van der Waals surface area contributed by atoms with Crippen LogP contribution in [0.1, 0.15) is 41.6 Å². The van der Waals surface area contributed by atoms with Crippen molar-refractivity contribution in [1.29, 1.82) is 5.26 Å². The van der Waals surface area contributed by atoms with Gasteiger partial charge in [-0.25, -0.2) is 4.98 Å². The Labute approximate surface area is 134 Å². The number of aromatic nitrogens is 3. The topological polar surface area (TPSA) is 54.0 Å². The lowest BCUT2D eigenvalue weighted by Crippen LogP contribution is -1.94. The van der Waals surface area contributed by atoms with Crippen LogP contribution in [0, 0.1) is 25.2 Å². The molecule has 2 aromatic heterocycles. The van der Waals surface area contributed by atoms with E-state index < -0.39 is 0 Å².